The van der Waals surface area contributed by atoms with Crippen LogP contribution in [-0.2, 0) is 0 Å². The summed E-state index contributed by atoms with van der Waals surface area (Å²) in [6, 6.07) is 7.44. The predicted octanol–water partition coefficient (Wildman–Crippen LogP) is 2.63. The zero-order chi connectivity index (χ0) is 15.1. The van der Waals surface area contributed by atoms with Crippen molar-refractivity contribution in [2.45, 2.75) is 13.3 Å². The molecule has 21 heavy (non-hydrogen) atoms. The number of alkyl halides is 1. The Morgan fingerprint density at radius 2 is 1.95 bits per heavy atom. The van der Waals surface area contributed by atoms with Crippen LogP contribution in [0.3, 0.4) is 0 Å². The lowest BCUT2D eigenvalue weighted by Gasteiger charge is -2.21. The molecule has 4 nitrogen and oxygen atoms in total. The molecule has 1 saturated heterocycles. The van der Waals surface area contributed by atoms with E-state index in [1.165, 1.54) is 0 Å². The molecule has 1 fully saturated rings. The Labute approximate surface area is 135 Å². The molecule has 0 bridgehead atoms. The van der Waals surface area contributed by atoms with Crippen molar-refractivity contribution in [3.63, 3.8) is 0 Å². The van der Waals surface area contributed by atoms with Crippen LogP contribution in [0.2, 0.25) is 0 Å². The summed E-state index contributed by atoms with van der Waals surface area (Å²) in [5.74, 6) is 0.937. The Morgan fingerprint density at radius 3 is 2.62 bits per heavy atom. The van der Waals surface area contributed by atoms with E-state index in [2.05, 4.69) is 20.8 Å². The van der Waals surface area contributed by atoms with E-state index in [0.29, 0.717) is 6.61 Å². The fourth-order valence-electron chi connectivity index (χ4n) is 2.56. The monoisotopic (exact) mass is 354 g/mol. The van der Waals surface area contributed by atoms with E-state index in [1.54, 1.807) is 0 Å². The SMILES string of the molecule is CCOc1ccc(C(=O)N2CCCN(CCBr)CC2)cc1. The van der Waals surface area contributed by atoms with E-state index >= 15 is 0 Å². The molecule has 5 heteroatoms. The van der Waals surface area contributed by atoms with E-state index in [-0.39, 0.29) is 5.91 Å². The molecule has 0 spiro atoms. The Kier molecular flexibility index (Phi) is 6.51. The van der Waals surface area contributed by atoms with Crippen LogP contribution < -0.4 is 4.74 Å². The van der Waals surface area contributed by atoms with E-state index in [1.807, 2.05) is 36.1 Å². The lowest BCUT2D eigenvalue weighted by atomic mass is 10.2. The first kappa shape index (κ1) is 16.3. The van der Waals surface area contributed by atoms with Gasteiger partial charge in [-0.25, -0.2) is 0 Å². The van der Waals surface area contributed by atoms with Gasteiger partial charge in [-0.15, -0.1) is 0 Å². The van der Waals surface area contributed by atoms with Crippen LogP contribution in [0.25, 0.3) is 0 Å². The minimum atomic E-state index is 0.124. The summed E-state index contributed by atoms with van der Waals surface area (Å²) in [6.45, 7) is 7.31. The summed E-state index contributed by atoms with van der Waals surface area (Å²) in [5.41, 5.74) is 0.743. The van der Waals surface area contributed by atoms with Crippen molar-refractivity contribution < 1.29 is 9.53 Å². The molecule has 1 amide bonds. The minimum absolute atomic E-state index is 0.124. The summed E-state index contributed by atoms with van der Waals surface area (Å²) in [5, 5.41) is 0.986. The largest absolute Gasteiger partial charge is 0.494 e. The predicted molar refractivity (Wildman–Crippen MR) is 88.4 cm³/mol. The van der Waals surface area contributed by atoms with Crippen LogP contribution in [0, 0.1) is 0 Å². The second-order valence-corrected chi connectivity index (χ2v) is 5.93. The highest BCUT2D eigenvalue weighted by Gasteiger charge is 2.19. The van der Waals surface area contributed by atoms with Crippen molar-refractivity contribution in [3.8, 4) is 5.75 Å². The topological polar surface area (TPSA) is 32.8 Å². The summed E-state index contributed by atoms with van der Waals surface area (Å²) in [7, 11) is 0. The van der Waals surface area contributed by atoms with E-state index in [4.69, 9.17) is 4.74 Å². The molecule has 0 radical (unpaired) electrons. The molecule has 0 unspecified atom stereocenters. The highest BCUT2D eigenvalue weighted by Crippen LogP contribution is 2.15. The lowest BCUT2D eigenvalue weighted by Crippen LogP contribution is -2.35. The number of carbonyl (C=O) groups is 1. The zero-order valence-electron chi connectivity index (χ0n) is 12.6. The van der Waals surface area contributed by atoms with Crippen LogP contribution >= 0.6 is 15.9 Å². The third-order valence-corrected chi connectivity index (χ3v) is 4.04. The number of ether oxygens (including phenoxy) is 1. The Morgan fingerprint density at radius 1 is 1.19 bits per heavy atom. The van der Waals surface area contributed by atoms with Gasteiger partial charge in [0.15, 0.2) is 0 Å². The number of hydrogen-bond donors (Lipinski definition) is 0. The molecule has 1 aliphatic rings. The van der Waals surface area contributed by atoms with Crippen molar-refractivity contribution in [1.29, 1.82) is 0 Å². The summed E-state index contributed by atoms with van der Waals surface area (Å²) in [6.07, 6.45) is 1.04. The maximum atomic E-state index is 12.5. The van der Waals surface area contributed by atoms with E-state index in [0.717, 1.165) is 55.8 Å². The first-order chi connectivity index (χ1) is 10.2. The highest BCUT2D eigenvalue weighted by atomic mass is 79.9. The molecule has 0 aliphatic carbocycles. The number of amides is 1. The molecule has 0 N–H and O–H groups in total. The fourth-order valence-corrected chi connectivity index (χ4v) is 3.06. The van der Waals surface area contributed by atoms with Crippen LogP contribution in [-0.4, -0.2) is 60.4 Å². The Hall–Kier alpha value is -1.07. The van der Waals surface area contributed by atoms with Crippen LogP contribution in [0.4, 0.5) is 0 Å². The second kappa shape index (κ2) is 8.39. The highest BCUT2D eigenvalue weighted by molar-refractivity contribution is 9.09. The van der Waals surface area contributed by atoms with Crippen LogP contribution in [0.5, 0.6) is 5.75 Å². The van der Waals surface area contributed by atoms with Gasteiger partial charge in [0.2, 0.25) is 0 Å². The molecule has 1 aromatic carbocycles. The van der Waals surface area contributed by atoms with Gasteiger partial charge in [0, 0.05) is 37.1 Å². The standard InChI is InChI=1S/C16H23BrN2O2/c1-2-21-15-6-4-14(5-7-15)16(20)19-10-3-9-18(11-8-17)12-13-19/h4-7H,2-3,8-13H2,1H3. The van der Waals surface area contributed by atoms with Crippen molar-refractivity contribution in [3.05, 3.63) is 29.8 Å². The van der Waals surface area contributed by atoms with E-state index < -0.39 is 0 Å². The van der Waals surface area contributed by atoms with Gasteiger partial charge in [-0.3, -0.25) is 4.79 Å². The summed E-state index contributed by atoms with van der Waals surface area (Å²) < 4.78 is 5.41. The van der Waals surface area contributed by atoms with Gasteiger partial charge in [-0.2, -0.15) is 0 Å². The van der Waals surface area contributed by atoms with Gasteiger partial charge in [-0.05, 0) is 44.2 Å². The number of halogens is 1. The van der Waals surface area contributed by atoms with Crippen LogP contribution in [0.1, 0.15) is 23.7 Å². The molecule has 116 valence electrons. The number of hydrogen-bond acceptors (Lipinski definition) is 3. The smallest absolute Gasteiger partial charge is 0.253 e. The number of nitrogens with zero attached hydrogens (tertiary/aromatic N) is 2. The molecular weight excluding hydrogens is 332 g/mol. The van der Waals surface area contributed by atoms with Gasteiger partial charge in [0.05, 0.1) is 6.61 Å². The molecular formula is C16H23BrN2O2. The first-order valence-electron chi connectivity index (χ1n) is 7.55. The summed E-state index contributed by atoms with van der Waals surface area (Å²) >= 11 is 3.48. The Bertz CT molecular complexity index is 450. The van der Waals surface area contributed by atoms with Gasteiger partial charge in [0.25, 0.3) is 5.91 Å². The van der Waals surface area contributed by atoms with Crippen LogP contribution in [0.15, 0.2) is 24.3 Å². The third kappa shape index (κ3) is 4.71. The van der Waals surface area contributed by atoms with Gasteiger partial charge in [0.1, 0.15) is 5.75 Å². The molecule has 1 aromatic rings. The molecule has 1 aliphatic heterocycles. The quantitative estimate of drug-likeness (QED) is 0.762. The fraction of sp³-hybridized carbons (Fsp3) is 0.562. The van der Waals surface area contributed by atoms with Gasteiger partial charge < -0.3 is 14.5 Å². The average Bonchev–Trinajstić information content (AvgIpc) is 2.74. The maximum absolute atomic E-state index is 12.5. The number of rotatable bonds is 5. The van der Waals surface area contributed by atoms with E-state index in [9.17, 15) is 4.79 Å². The Balaban J connectivity index is 1.95. The zero-order valence-corrected chi connectivity index (χ0v) is 14.1. The van der Waals surface area contributed by atoms with Crippen molar-refractivity contribution in [1.82, 2.24) is 9.80 Å². The normalized spacial score (nSPS) is 16.6. The third-order valence-electron chi connectivity index (χ3n) is 3.69. The number of carbonyl (C=O) groups excluding carboxylic acids is 1. The molecule has 2 rings (SSSR count). The lowest BCUT2D eigenvalue weighted by molar-refractivity contribution is 0.0762. The van der Waals surface area contributed by atoms with Crippen molar-refractivity contribution >= 4 is 21.8 Å². The summed E-state index contributed by atoms with van der Waals surface area (Å²) in [4.78, 5) is 16.9. The second-order valence-electron chi connectivity index (χ2n) is 5.13. The molecule has 0 aromatic heterocycles. The average molecular weight is 355 g/mol. The molecule has 1 heterocycles. The number of benzene rings is 1. The molecule has 0 saturated carbocycles. The van der Waals surface area contributed by atoms with Gasteiger partial charge >= 0.3 is 0 Å². The maximum Gasteiger partial charge on any atom is 0.253 e. The first-order valence-corrected chi connectivity index (χ1v) is 8.67. The van der Waals surface area contributed by atoms with Gasteiger partial charge in [-0.1, -0.05) is 15.9 Å². The molecule has 0 atom stereocenters. The van der Waals surface area contributed by atoms with Crippen molar-refractivity contribution in [2.24, 2.45) is 0 Å². The van der Waals surface area contributed by atoms with Crippen molar-refractivity contribution in [2.75, 3.05) is 44.7 Å². The minimum Gasteiger partial charge on any atom is -0.494 e.